The van der Waals surface area contributed by atoms with Gasteiger partial charge in [-0.3, -0.25) is 38.6 Å². The van der Waals surface area contributed by atoms with Gasteiger partial charge in [-0.25, -0.2) is 9.78 Å². The van der Waals surface area contributed by atoms with E-state index in [4.69, 9.17) is 17.2 Å². The van der Waals surface area contributed by atoms with Gasteiger partial charge in [-0.05, 0) is 95.4 Å². The number of alkyl halides is 3. The van der Waals surface area contributed by atoms with E-state index in [1.54, 1.807) is 82.3 Å². The maximum Gasteiger partial charge on any atom is 0.442 e. The van der Waals surface area contributed by atoms with Gasteiger partial charge >= 0.3 is 17.8 Å². The van der Waals surface area contributed by atoms with Crippen molar-refractivity contribution in [2.24, 2.45) is 44.3 Å². The molecule has 6 rings (SSSR count). The number of rotatable bonds is 30. The van der Waals surface area contributed by atoms with Crippen molar-refractivity contribution >= 4 is 75.9 Å². The summed E-state index contributed by atoms with van der Waals surface area (Å²) in [5, 5.41) is 32.8. The summed E-state index contributed by atoms with van der Waals surface area (Å²) in [7, 11) is 0. The number of imidazole rings is 1. The first-order chi connectivity index (χ1) is 40.3. The summed E-state index contributed by atoms with van der Waals surface area (Å²) in [4.78, 5) is 125. The summed E-state index contributed by atoms with van der Waals surface area (Å²) in [6, 6.07) is 10.7. The van der Waals surface area contributed by atoms with Crippen LogP contribution in [0.2, 0.25) is 0 Å². The highest BCUT2D eigenvalue weighted by atomic mass is 125. The molecule has 24 nitrogen and oxygen atoms in total. The molecule has 2 aliphatic heterocycles. The number of carbonyl (C=O) groups excluding carboxylic acids is 7. The number of halogens is 4. The Labute approximate surface area is 502 Å². The molecule has 458 valence electrons. The Kier molecular flexibility index (Phi) is 23.5. The molecule has 85 heavy (non-hydrogen) atoms. The lowest BCUT2D eigenvalue weighted by Gasteiger charge is -2.32. The fourth-order valence-electron chi connectivity index (χ4n) is 9.68. The van der Waals surface area contributed by atoms with Crippen LogP contribution in [0.25, 0.3) is 0 Å². The first-order valence-electron chi connectivity index (χ1n) is 27.8. The number of aromatic nitrogens is 2. The summed E-state index contributed by atoms with van der Waals surface area (Å²) >= 11 is 2.12. The van der Waals surface area contributed by atoms with E-state index in [1.165, 1.54) is 41.7 Å². The third-order valence-corrected chi connectivity index (χ3v) is 15.5. The van der Waals surface area contributed by atoms with Crippen LogP contribution in [0.1, 0.15) is 87.7 Å². The van der Waals surface area contributed by atoms with Crippen molar-refractivity contribution in [3.63, 3.8) is 0 Å². The summed E-state index contributed by atoms with van der Waals surface area (Å²) < 4.78 is 41.7. The Morgan fingerprint density at radius 1 is 0.741 bits per heavy atom. The second-order valence-corrected chi connectivity index (χ2v) is 22.7. The van der Waals surface area contributed by atoms with Crippen molar-refractivity contribution in [1.29, 1.82) is 0 Å². The molecule has 14 N–H and O–H groups in total. The van der Waals surface area contributed by atoms with Gasteiger partial charge in [0.25, 0.3) is 0 Å². The number of nitrogens with one attached hydrogen (secondary N) is 7. The van der Waals surface area contributed by atoms with Crippen LogP contribution in [0.3, 0.4) is 0 Å². The SMILES string of the molecule is CC[C@H](C)[C@H](NC(=O)[C@H](Cc1ccc([125I])cc1)NC(=O)[C@@H](NC(=O)[C@H](CCCN=C(N)N)NC(=O)[C@@H](N)Cc1ccc(C2(C(F)(F)F)N=N2)cc1)C(C)C)C(=O)N[C@@H](Cc1cnc[nH]1)C(=O)N1CCC[C@H]1C(=O)N[C@@H](Cc1ccccc1)C(=O)O. The highest BCUT2D eigenvalue weighted by Gasteiger charge is 2.65. The van der Waals surface area contributed by atoms with Gasteiger partial charge in [0.2, 0.25) is 41.4 Å². The average molecular weight is 1290 g/mol. The number of nitrogens with two attached hydrogens (primary N) is 3. The third kappa shape index (κ3) is 18.5. The van der Waals surface area contributed by atoms with E-state index in [2.05, 4.69) is 79.7 Å². The summed E-state index contributed by atoms with van der Waals surface area (Å²) in [6.45, 7) is 6.99. The van der Waals surface area contributed by atoms with Crippen LogP contribution in [0.15, 0.2) is 107 Å². The number of hydrogen-bond donors (Lipinski definition) is 11. The van der Waals surface area contributed by atoms with Crippen molar-refractivity contribution in [3.8, 4) is 0 Å². The molecular formula is C57H73F3IN15O9. The Morgan fingerprint density at radius 3 is 1.91 bits per heavy atom. The van der Waals surface area contributed by atoms with E-state index in [0.29, 0.717) is 35.2 Å². The highest BCUT2D eigenvalue weighted by Crippen LogP contribution is 2.52. The smallest absolute Gasteiger partial charge is 0.442 e. The number of H-pyrrole nitrogens is 1. The topological polar surface area (TPSA) is 376 Å². The molecule has 3 aromatic carbocycles. The molecule has 3 heterocycles. The molecule has 2 aliphatic rings. The first kappa shape index (κ1) is 66.1. The van der Waals surface area contributed by atoms with Gasteiger partial charge in [0, 0.05) is 53.4 Å². The molecule has 1 saturated heterocycles. The summed E-state index contributed by atoms with van der Waals surface area (Å²) in [5.41, 5.74) is 16.6. The first-order valence-corrected chi connectivity index (χ1v) is 28.9. The molecule has 1 aromatic heterocycles. The minimum atomic E-state index is -4.74. The van der Waals surface area contributed by atoms with Gasteiger partial charge in [-0.15, -0.1) is 10.2 Å². The van der Waals surface area contributed by atoms with Crippen LogP contribution in [0.4, 0.5) is 13.2 Å². The van der Waals surface area contributed by atoms with Crippen LogP contribution in [-0.4, -0.2) is 141 Å². The number of likely N-dealkylation sites (tertiary alicyclic amines) is 1. The lowest BCUT2D eigenvalue weighted by molar-refractivity contribution is -0.166. The zero-order chi connectivity index (χ0) is 62.2. The number of aliphatic imine (C=N–C) groups is 1. The lowest BCUT2D eigenvalue weighted by atomic mass is 9.96. The number of hydrogen-bond acceptors (Lipinski definition) is 13. The van der Waals surface area contributed by atoms with Crippen LogP contribution < -0.4 is 49.1 Å². The Balaban J connectivity index is 1.18. The molecule has 0 radical (unpaired) electrons. The molecule has 9 atom stereocenters. The number of benzene rings is 3. The molecule has 0 saturated carbocycles. The molecule has 7 amide bonds. The van der Waals surface area contributed by atoms with Crippen LogP contribution >= 0.6 is 22.6 Å². The second-order valence-electron chi connectivity index (χ2n) is 21.5. The monoisotopic (exact) mass is 1290 g/mol. The average Bonchev–Trinajstić information content (AvgIpc) is 1.74. The minimum Gasteiger partial charge on any atom is -0.480 e. The maximum absolute atomic E-state index is 14.8. The van der Waals surface area contributed by atoms with Crippen LogP contribution in [0.5, 0.6) is 0 Å². The van der Waals surface area contributed by atoms with E-state index in [0.717, 1.165) is 3.57 Å². The fraction of sp³-hybridized carbons (Fsp3) is 0.474. The van der Waals surface area contributed by atoms with E-state index >= 15 is 0 Å². The summed E-state index contributed by atoms with van der Waals surface area (Å²) in [6.07, 6.45) is -1.10. The number of amides is 7. The minimum absolute atomic E-state index is 0.00373. The normalized spacial score (nSPS) is 17.2. The Hall–Kier alpha value is -8.02. The number of guanidine groups is 1. The molecular weight excluding hydrogens is 1220 g/mol. The zero-order valence-electron chi connectivity index (χ0n) is 47.4. The molecule has 0 aliphatic carbocycles. The highest BCUT2D eigenvalue weighted by molar-refractivity contribution is 14.1. The number of carboxylic acids is 1. The zero-order valence-corrected chi connectivity index (χ0v) is 49.6. The summed E-state index contributed by atoms with van der Waals surface area (Å²) in [5.74, 6) is -7.92. The van der Waals surface area contributed by atoms with Gasteiger partial charge in [0.05, 0.1) is 12.4 Å². The van der Waals surface area contributed by atoms with Crippen molar-refractivity contribution in [3.05, 3.63) is 123 Å². The molecule has 28 heteroatoms. The van der Waals surface area contributed by atoms with E-state index < -0.39 is 119 Å². The molecule has 1 fully saturated rings. The molecule has 0 spiro atoms. The number of carbonyl (C=O) groups is 8. The number of aromatic amines is 1. The number of aliphatic carboxylic acids is 1. The van der Waals surface area contributed by atoms with Crippen LogP contribution in [-0.2, 0) is 69.7 Å². The van der Waals surface area contributed by atoms with Crippen molar-refractivity contribution in [2.75, 3.05) is 13.1 Å². The molecule has 0 bridgehead atoms. The van der Waals surface area contributed by atoms with Gasteiger partial charge in [-0.1, -0.05) is 101 Å². The second kappa shape index (κ2) is 30.2. The van der Waals surface area contributed by atoms with Gasteiger partial charge < -0.3 is 64.1 Å². The van der Waals surface area contributed by atoms with Crippen LogP contribution in [0, 0.1) is 15.4 Å². The quantitative estimate of drug-likeness (QED) is 0.0155. The molecule has 4 aromatic rings. The largest absolute Gasteiger partial charge is 0.480 e. The number of nitrogens with zero attached hydrogens (tertiary/aromatic N) is 5. The van der Waals surface area contributed by atoms with Crippen molar-refractivity contribution in [1.82, 2.24) is 46.8 Å². The van der Waals surface area contributed by atoms with E-state index in [1.807, 2.05) is 0 Å². The predicted octanol–water partition coefficient (Wildman–Crippen LogP) is 2.53. The Morgan fingerprint density at radius 2 is 1.32 bits per heavy atom. The Bertz CT molecular complexity index is 3020. The van der Waals surface area contributed by atoms with E-state index in [-0.39, 0.29) is 69.6 Å². The number of carboxylic acid groups (broad SMARTS) is 1. The maximum atomic E-state index is 14.8. The van der Waals surface area contributed by atoms with E-state index in [9.17, 15) is 56.6 Å². The fourth-order valence-corrected chi connectivity index (χ4v) is 10.0. The van der Waals surface area contributed by atoms with Crippen molar-refractivity contribution in [2.45, 2.75) is 146 Å². The van der Waals surface area contributed by atoms with Gasteiger partial charge in [-0.2, -0.15) is 13.2 Å². The van der Waals surface area contributed by atoms with Crippen molar-refractivity contribution < 1.29 is 56.6 Å². The predicted molar refractivity (Wildman–Crippen MR) is 314 cm³/mol. The van der Waals surface area contributed by atoms with Gasteiger partial charge in [0.15, 0.2) is 5.96 Å². The standard InChI is InChI=1S/C57H73F3IN15O9/c1-5-32(4)46(52(82)70-42(28-38-29-65-30-67-38)53(83)76-24-10-14-44(76)50(80)71-43(54(84)85)27-33-11-7-6-8-12-33)73-49(79)41(26-35-17-21-37(61)22-18-35)69-51(81)45(31(2)3)72-48(78)40(13-9-23-66-55(63)64)68-47(77)39(62)25-34-15-19-36(20-16-34)56(74-75-56)57(58,59)60/h6-8,11-12,15-22,29-32,39-46H,5,9-10,13-14,23-28,62H2,1-4H3,(H,65,67)(H,68,77)(H,69,81)(H,70,82)(H,71,80)(H,72,78)(H,73,79)(H,84,85)(H4,63,64,66)/t32-,39-,40-,41-,42-,43-,44-,45-,46-/m0/s1/i61-2. The lowest BCUT2D eigenvalue weighted by Crippen LogP contribution is -2.62. The van der Waals surface area contributed by atoms with Gasteiger partial charge in [0.1, 0.15) is 42.3 Å². The molecule has 0 unspecified atom stereocenters. The third-order valence-electron chi connectivity index (χ3n) is 14.8.